The van der Waals surface area contributed by atoms with Crippen molar-refractivity contribution in [3.05, 3.63) is 29.8 Å². The van der Waals surface area contributed by atoms with Gasteiger partial charge in [0.15, 0.2) is 6.61 Å². The molecule has 1 atom stereocenters. The fourth-order valence-corrected chi connectivity index (χ4v) is 2.04. The number of cyclic esters (lactones) is 1. The van der Waals surface area contributed by atoms with Crippen molar-refractivity contribution in [3.8, 4) is 0 Å². The highest BCUT2D eigenvalue weighted by atomic mass is 35.5. The SMILES string of the molecule is CSc1ccc([C@@H]2NC(=O)OCC2(F)F)cc1.Cl. The molecule has 1 aliphatic rings. The molecule has 0 unspecified atom stereocenters. The summed E-state index contributed by atoms with van der Waals surface area (Å²) in [6.45, 7) is -0.881. The van der Waals surface area contributed by atoms with Crippen LogP contribution in [-0.2, 0) is 4.74 Å². The molecule has 0 aromatic heterocycles. The Morgan fingerprint density at radius 2 is 2.00 bits per heavy atom. The van der Waals surface area contributed by atoms with Crippen molar-refractivity contribution < 1.29 is 18.3 Å². The first kappa shape index (κ1) is 15.0. The Morgan fingerprint density at radius 1 is 1.39 bits per heavy atom. The first-order valence-electron chi connectivity index (χ1n) is 4.98. The number of ether oxygens (including phenoxy) is 1. The molecule has 1 aromatic rings. The smallest absolute Gasteiger partial charge is 0.408 e. The summed E-state index contributed by atoms with van der Waals surface area (Å²) in [5.74, 6) is -3.09. The highest BCUT2D eigenvalue weighted by Gasteiger charge is 2.46. The van der Waals surface area contributed by atoms with Gasteiger partial charge in [0.25, 0.3) is 0 Å². The highest BCUT2D eigenvalue weighted by Crippen LogP contribution is 2.34. The summed E-state index contributed by atoms with van der Waals surface area (Å²) in [5.41, 5.74) is 0.379. The zero-order valence-corrected chi connectivity index (χ0v) is 11.1. The van der Waals surface area contributed by atoms with Gasteiger partial charge in [0.1, 0.15) is 6.04 Å². The van der Waals surface area contributed by atoms with Crippen LogP contribution in [0, 0.1) is 0 Å². The Morgan fingerprint density at radius 3 is 2.56 bits per heavy atom. The molecule has 0 radical (unpaired) electrons. The van der Waals surface area contributed by atoms with Crippen LogP contribution in [0.2, 0.25) is 0 Å². The summed E-state index contributed by atoms with van der Waals surface area (Å²) in [6.07, 6.45) is 1.09. The topological polar surface area (TPSA) is 38.3 Å². The van der Waals surface area contributed by atoms with E-state index >= 15 is 0 Å². The van der Waals surface area contributed by atoms with Crippen LogP contribution in [0.5, 0.6) is 0 Å². The minimum atomic E-state index is -3.09. The number of halogens is 3. The lowest BCUT2D eigenvalue weighted by Crippen LogP contribution is -2.49. The van der Waals surface area contributed by atoms with Gasteiger partial charge in [0, 0.05) is 4.90 Å². The highest BCUT2D eigenvalue weighted by molar-refractivity contribution is 7.98. The summed E-state index contributed by atoms with van der Waals surface area (Å²) < 4.78 is 31.4. The van der Waals surface area contributed by atoms with Crippen LogP contribution in [0.25, 0.3) is 0 Å². The van der Waals surface area contributed by atoms with Crippen molar-refractivity contribution in [2.45, 2.75) is 16.9 Å². The van der Waals surface area contributed by atoms with E-state index in [0.29, 0.717) is 5.56 Å². The van der Waals surface area contributed by atoms with E-state index in [1.54, 1.807) is 24.3 Å². The molecular formula is C11H12ClF2NO2S. The Labute approximate surface area is 114 Å². The van der Waals surface area contributed by atoms with Gasteiger partial charge < -0.3 is 10.1 Å². The van der Waals surface area contributed by atoms with Gasteiger partial charge in [0.05, 0.1) is 0 Å². The van der Waals surface area contributed by atoms with E-state index in [2.05, 4.69) is 10.1 Å². The minimum absolute atomic E-state index is 0. The van der Waals surface area contributed by atoms with Gasteiger partial charge in [-0.25, -0.2) is 13.6 Å². The van der Waals surface area contributed by atoms with Gasteiger partial charge in [-0.05, 0) is 24.0 Å². The van der Waals surface area contributed by atoms with E-state index in [4.69, 9.17) is 0 Å². The lowest BCUT2D eigenvalue weighted by Gasteiger charge is -2.31. The molecular weight excluding hydrogens is 284 g/mol. The van der Waals surface area contributed by atoms with Crippen LogP contribution in [0.4, 0.5) is 13.6 Å². The van der Waals surface area contributed by atoms with Crippen molar-refractivity contribution in [2.75, 3.05) is 12.9 Å². The summed E-state index contributed by atoms with van der Waals surface area (Å²) in [4.78, 5) is 12.0. The van der Waals surface area contributed by atoms with Crippen molar-refractivity contribution in [1.82, 2.24) is 5.32 Å². The average molecular weight is 296 g/mol. The number of alkyl halides is 2. The van der Waals surface area contributed by atoms with E-state index in [0.717, 1.165) is 4.90 Å². The molecule has 0 saturated carbocycles. The molecule has 100 valence electrons. The molecule has 18 heavy (non-hydrogen) atoms. The van der Waals surface area contributed by atoms with Gasteiger partial charge in [0.2, 0.25) is 0 Å². The third-order valence-electron chi connectivity index (χ3n) is 2.53. The molecule has 1 fully saturated rings. The van der Waals surface area contributed by atoms with Gasteiger partial charge >= 0.3 is 12.0 Å². The lowest BCUT2D eigenvalue weighted by molar-refractivity contribution is -0.104. The molecule has 1 N–H and O–H groups in total. The Hall–Kier alpha value is -1.01. The van der Waals surface area contributed by atoms with Crippen molar-refractivity contribution in [3.63, 3.8) is 0 Å². The Bertz CT molecular complexity index is 428. The van der Waals surface area contributed by atoms with Crippen LogP contribution in [-0.4, -0.2) is 24.9 Å². The van der Waals surface area contributed by atoms with Crippen LogP contribution in [0.1, 0.15) is 11.6 Å². The zero-order chi connectivity index (χ0) is 12.5. The Balaban J connectivity index is 0.00000162. The van der Waals surface area contributed by atoms with Crippen molar-refractivity contribution in [1.29, 1.82) is 0 Å². The number of hydrogen-bond acceptors (Lipinski definition) is 3. The quantitative estimate of drug-likeness (QED) is 0.851. The van der Waals surface area contributed by atoms with Gasteiger partial charge in [-0.15, -0.1) is 24.2 Å². The maximum Gasteiger partial charge on any atom is 0.408 e. The third kappa shape index (κ3) is 3.05. The summed E-state index contributed by atoms with van der Waals surface area (Å²) in [6, 6.07) is 5.36. The van der Waals surface area contributed by atoms with E-state index in [1.165, 1.54) is 11.8 Å². The molecule has 0 bridgehead atoms. The van der Waals surface area contributed by atoms with Crippen LogP contribution < -0.4 is 5.32 Å². The van der Waals surface area contributed by atoms with Crippen LogP contribution in [0.3, 0.4) is 0 Å². The number of carbonyl (C=O) groups excluding carboxylic acids is 1. The Kier molecular flexibility index (Phi) is 4.81. The zero-order valence-electron chi connectivity index (χ0n) is 9.48. The van der Waals surface area contributed by atoms with Gasteiger partial charge in [-0.3, -0.25) is 0 Å². The molecule has 1 aliphatic heterocycles. The normalized spacial score (nSPS) is 21.5. The van der Waals surface area contributed by atoms with E-state index in [9.17, 15) is 13.6 Å². The second-order valence-electron chi connectivity index (χ2n) is 3.69. The molecule has 2 rings (SSSR count). The van der Waals surface area contributed by atoms with E-state index < -0.39 is 24.7 Å². The number of carbonyl (C=O) groups is 1. The molecule has 3 nitrogen and oxygen atoms in total. The lowest BCUT2D eigenvalue weighted by atomic mass is 10.0. The number of thioether (sulfide) groups is 1. The number of alkyl carbamates (subject to hydrolysis) is 1. The van der Waals surface area contributed by atoms with Crippen LogP contribution in [0.15, 0.2) is 29.2 Å². The summed E-state index contributed by atoms with van der Waals surface area (Å²) in [7, 11) is 0. The average Bonchev–Trinajstić information content (AvgIpc) is 2.33. The van der Waals surface area contributed by atoms with Crippen LogP contribution >= 0.6 is 24.2 Å². The molecule has 1 amide bonds. The van der Waals surface area contributed by atoms with Gasteiger partial charge in [-0.2, -0.15) is 0 Å². The molecule has 1 saturated heterocycles. The number of rotatable bonds is 2. The largest absolute Gasteiger partial charge is 0.443 e. The van der Waals surface area contributed by atoms with E-state index in [-0.39, 0.29) is 12.4 Å². The first-order valence-corrected chi connectivity index (χ1v) is 6.20. The number of nitrogens with one attached hydrogen (secondary N) is 1. The molecule has 1 heterocycles. The fourth-order valence-electron chi connectivity index (χ4n) is 1.63. The van der Waals surface area contributed by atoms with Crippen molar-refractivity contribution in [2.24, 2.45) is 0 Å². The summed E-state index contributed by atoms with van der Waals surface area (Å²) >= 11 is 1.53. The standard InChI is InChI=1S/C11H11F2NO2S.ClH/c1-17-8-4-2-7(3-5-8)9-11(12,13)6-16-10(15)14-9;/h2-5,9H,6H2,1H3,(H,14,15);1H/t9-;/m0./s1. The van der Waals surface area contributed by atoms with E-state index in [1.807, 2.05) is 6.26 Å². The minimum Gasteiger partial charge on any atom is -0.443 e. The second kappa shape index (κ2) is 5.75. The molecule has 0 aliphatic carbocycles. The predicted molar refractivity (Wildman–Crippen MR) is 67.6 cm³/mol. The van der Waals surface area contributed by atoms with Crippen molar-refractivity contribution >= 4 is 30.3 Å². The molecule has 1 aromatic carbocycles. The monoisotopic (exact) mass is 295 g/mol. The summed E-state index contributed by atoms with van der Waals surface area (Å²) in [5, 5.41) is 2.14. The maximum absolute atomic E-state index is 13.6. The number of benzene rings is 1. The molecule has 0 spiro atoms. The fraction of sp³-hybridized carbons (Fsp3) is 0.364. The van der Waals surface area contributed by atoms with Gasteiger partial charge in [-0.1, -0.05) is 12.1 Å². The third-order valence-corrected chi connectivity index (χ3v) is 3.27. The predicted octanol–water partition coefficient (Wildman–Crippen LogP) is 3.25. The first-order chi connectivity index (χ1) is 8.03. The maximum atomic E-state index is 13.6. The second-order valence-corrected chi connectivity index (χ2v) is 4.57. The number of hydrogen-bond donors (Lipinski definition) is 1. The number of amides is 1. The molecule has 7 heteroatoms.